The van der Waals surface area contributed by atoms with Crippen molar-refractivity contribution in [2.75, 3.05) is 13.1 Å². The van der Waals surface area contributed by atoms with Gasteiger partial charge in [-0.1, -0.05) is 30.0 Å². The van der Waals surface area contributed by atoms with Crippen LogP contribution in [-0.2, 0) is 13.0 Å². The van der Waals surface area contributed by atoms with Gasteiger partial charge in [-0.25, -0.2) is 14.7 Å². The van der Waals surface area contributed by atoms with Gasteiger partial charge in [-0.15, -0.1) is 24.0 Å². The molecule has 1 aromatic carbocycles. The topological polar surface area (TPSA) is 67.1 Å². The minimum Gasteiger partial charge on any atom is -0.357 e. The average molecular weight is 450 g/mol. The highest BCUT2D eigenvalue weighted by Gasteiger charge is 2.20. The van der Waals surface area contributed by atoms with E-state index in [1.54, 1.807) is 6.33 Å². The first kappa shape index (κ1) is 19.2. The highest BCUT2D eigenvalue weighted by atomic mass is 127. The number of nitrogens with zero attached hydrogens (tertiary/aromatic N) is 4. The molecule has 1 unspecified atom stereocenters. The van der Waals surface area contributed by atoms with Crippen molar-refractivity contribution in [1.82, 2.24) is 25.4 Å². The zero-order valence-corrected chi connectivity index (χ0v) is 16.6. The maximum Gasteiger partial charge on any atom is 0.192 e. The number of halogens is 1. The van der Waals surface area contributed by atoms with Crippen LogP contribution in [0.4, 0.5) is 0 Å². The summed E-state index contributed by atoms with van der Waals surface area (Å²) in [5.41, 5.74) is 1.01. The van der Waals surface area contributed by atoms with E-state index in [1.807, 2.05) is 35.0 Å². The molecule has 132 valence electrons. The Balaban J connectivity index is 0.00000225. The molecule has 0 saturated carbocycles. The molecule has 3 rings (SSSR count). The van der Waals surface area contributed by atoms with Gasteiger partial charge in [0.05, 0.1) is 6.54 Å². The van der Waals surface area contributed by atoms with E-state index in [1.165, 1.54) is 0 Å². The number of hydrogen-bond donors (Lipinski definition) is 2. The van der Waals surface area contributed by atoms with Gasteiger partial charge in [0.15, 0.2) is 5.96 Å². The molecular formula is C18H23IN6. The monoisotopic (exact) mass is 450 g/mol. The average Bonchev–Trinajstić information content (AvgIpc) is 3.07. The van der Waals surface area contributed by atoms with Gasteiger partial charge in [0, 0.05) is 24.6 Å². The van der Waals surface area contributed by atoms with Gasteiger partial charge in [0.1, 0.15) is 18.7 Å². The molecule has 2 aromatic rings. The quantitative estimate of drug-likeness (QED) is 0.324. The van der Waals surface area contributed by atoms with Crippen LogP contribution in [0.15, 0.2) is 41.7 Å². The smallest absolute Gasteiger partial charge is 0.192 e. The van der Waals surface area contributed by atoms with Crippen molar-refractivity contribution in [2.45, 2.75) is 32.4 Å². The van der Waals surface area contributed by atoms with Crippen molar-refractivity contribution >= 4 is 29.9 Å². The van der Waals surface area contributed by atoms with Gasteiger partial charge >= 0.3 is 0 Å². The van der Waals surface area contributed by atoms with Gasteiger partial charge in [0.25, 0.3) is 0 Å². The predicted molar refractivity (Wildman–Crippen MR) is 110 cm³/mol. The number of hydrogen-bond acceptors (Lipinski definition) is 3. The fourth-order valence-corrected chi connectivity index (χ4v) is 2.65. The molecule has 0 fully saturated rings. The van der Waals surface area contributed by atoms with Crippen LogP contribution in [0.25, 0.3) is 0 Å². The van der Waals surface area contributed by atoms with E-state index in [0.29, 0.717) is 12.6 Å². The molecule has 0 spiro atoms. The van der Waals surface area contributed by atoms with E-state index in [-0.39, 0.29) is 24.0 Å². The lowest BCUT2D eigenvalue weighted by Crippen LogP contribution is -2.47. The van der Waals surface area contributed by atoms with Crippen LogP contribution >= 0.6 is 24.0 Å². The maximum absolute atomic E-state index is 4.54. The van der Waals surface area contributed by atoms with Crippen molar-refractivity contribution < 1.29 is 0 Å². The number of aliphatic imine (C=N–C) groups is 1. The van der Waals surface area contributed by atoms with Crippen LogP contribution in [-0.4, -0.2) is 39.9 Å². The first-order valence-corrected chi connectivity index (χ1v) is 8.30. The van der Waals surface area contributed by atoms with Gasteiger partial charge in [0.2, 0.25) is 0 Å². The van der Waals surface area contributed by atoms with E-state index >= 15 is 0 Å². The van der Waals surface area contributed by atoms with Crippen LogP contribution in [0.2, 0.25) is 0 Å². The molecule has 0 bridgehead atoms. The summed E-state index contributed by atoms with van der Waals surface area (Å²) in [5.74, 6) is 8.07. The van der Waals surface area contributed by atoms with Gasteiger partial charge in [-0.05, 0) is 25.5 Å². The van der Waals surface area contributed by atoms with Crippen LogP contribution in [0.3, 0.4) is 0 Å². The predicted octanol–water partition coefficient (Wildman–Crippen LogP) is 1.82. The van der Waals surface area contributed by atoms with Crippen LogP contribution < -0.4 is 10.6 Å². The number of nitrogens with one attached hydrogen (secondary N) is 2. The van der Waals surface area contributed by atoms with E-state index < -0.39 is 0 Å². The molecule has 0 amide bonds. The molecule has 1 aromatic heterocycles. The number of aromatic nitrogens is 3. The number of benzene rings is 1. The fourth-order valence-electron chi connectivity index (χ4n) is 2.65. The molecule has 2 N–H and O–H groups in total. The molecule has 7 heteroatoms. The highest BCUT2D eigenvalue weighted by molar-refractivity contribution is 14.0. The minimum atomic E-state index is 0. The summed E-state index contributed by atoms with van der Waals surface area (Å²) in [7, 11) is 0. The largest absolute Gasteiger partial charge is 0.357 e. The van der Waals surface area contributed by atoms with E-state index in [9.17, 15) is 0 Å². The minimum absolute atomic E-state index is 0. The van der Waals surface area contributed by atoms with Crippen LogP contribution in [0.1, 0.15) is 24.7 Å². The van der Waals surface area contributed by atoms with Crippen LogP contribution in [0.5, 0.6) is 0 Å². The Hall–Kier alpha value is -2.08. The first-order chi connectivity index (χ1) is 11.8. The Bertz CT molecular complexity index is 744. The second-order valence-corrected chi connectivity index (χ2v) is 5.60. The molecular weight excluding hydrogens is 427 g/mol. The Morgan fingerprint density at radius 2 is 2.20 bits per heavy atom. The number of rotatable bonds is 3. The summed E-state index contributed by atoms with van der Waals surface area (Å²) in [6.07, 6.45) is 3.58. The SMILES string of the molecule is CCNC(=NCC#Cc1ccccc1)NC1CCc2ncnn2C1.I. The molecule has 2 heterocycles. The second-order valence-electron chi connectivity index (χ2n) is 5.60. The summed E-state index contributed by atoms with van der Waals surface area (Å²) in [4.78, 5) is 8.80. The number of fused-ring (bicyclic) bond motifs is 1. The third-order valence-electron chi connectivity index (χ3n) is 3.81. The van der Waals surface area contributed by atoms with Crippen molar-refractivity contribution in [3.8, 4) is 11.8 Å². The molecule has 1 aliphatic rings. The Labute approximate surface area is 165 Å². The Kier molecular flexibility index (Phi) is 7.73. The molecule has 1 aliphatic heterocycles. The number of guanidine groups is 1. The fraction of sp³-hybridized carbons (Fsp3) is 0.389. The molecule has 0 aliphatic carbocycles. The normalized spacial score (nSPS) is 16.0. The summed E-state index contributed by atoms with van der Waals surface area (Å²) < 4.78 is 1.96. The zero-order chi connectivity index (χ0) is 16.6. The summed E-state index contributed by atoms with van der Waals surface area (Å²) in [6.45, 7) is 4.16. The number of aryl methyl sites for hydroxylation is 1. The summed E-state index contributed by atoms with van der Waals surface area (Å²) in [6, 6.07) is 10.3. The third kappa shape index (κ3) is 5.74. The van der Waals surface area contributed by atoms with Gasteiger partial charge in [-0.2, -0.15) is 5.10 Å². The third-order valence-corrected chi connectivity index (χ3v) is 3.81. The summed E-state index contributed by atoms with van der Waals surface area (Å²) >= 11 is 0. The summed E-state index contributed by atoms with van der Waals surface area (Å²) in [5, 5.41) is 11.0. The Morgan fingerprint density at radius 1 is 1.36 bits per heavy atom. The van der Waals surface area contributed by atoms with E-state index in [2.05, 4.69) is 44.5 Å². The molecule has 6 nitrogen and oxygen atoms in total. The van der Waals surface area contributed by atoms with Crippen molar-refractivity contribution in [1.29, 1.82) is 0 Å². The standard InChI is InChI=1S/C18H22N6.HI/c1-2-19-18(20-12-6-9-15-7-4-3-5-8-15)23-16-10-11-17-21-14-22-24(17)13-16;/h3-5,7-8,14,16H,2,10-13H2,1H3,(H2,19,20,23);1H. The van der Waals surface area contributed by atoms with E-state index in [4.69, 9.17) is 0 Å². The molecule has 25 heavy (non-hydrogen) atoms. The molecule has 1 atom stereocenters. The zero-order valence-electron chi connectivity index (χ0n) is 14.3. The van der Waals surface area contributed by atoms with Crippen molar-refractivity contribution in [2.24, 2.45) is 4.99 Å². The van der Waals surface area contributed by atoms with Crippen molar-refractivity contribution in [3.63, 3.8) is 0 Å². The van der Waals surface area contributed by atoms with Gasteiger partial charge < -0.3 is 10.6 Å². The lowest BCUT2D eigenvalue weighted by atomic mass is 10.1. The van der Waals surface area contributed by atoms with E-state index in [0.717, 1.165) is 43.3 Å². The maximum atomic E-state index is 4.54. The van der Waals surface area contributed by atoms with Crippen LogP contribution in [0, 0.1) is 11.8 Å². The lowest BCUT2D eigenvalue weighted by molar-refractivity contribution is 0.393. The second kappa shape index (κ2) is 10.0. The van der Waals surface area contributed by atoms with Crippen molar-refractivity contribution in [3.05, 3.63) is 48.0 Å². The lowest BCUT2D eigenvalue weighted by Gasteiger charge is -2.25. The molecule has 0 radical (unpaired) electrons. The Morgan fingerprint density at radius 3 is 3.00 bits per heavy atom. The highest BCUT2D eigenvalue weighted by Crippen LogP contribution is 2.11. The molecule has 0 saturated heterocycles. The first-order valence-electron chi connectivity index (χ1n) is 8.30. The van der Waals surface area contributed by atoms with Gasteiger partial charge in [-0.3, -0.25) is 0 Å².